The molecule has 0 atom stereocenters. The monoisotopic (exact) mass is 257 g/mol. The fourth-order valence-electron chi connectivity index (χ4n) is 0.906. The highest BCUT2D eigenvalue weighted by molar-refractivity contribution is 6.45. The van der Waals surface area contributed by atoms with Gasteiger partial charge in [0.25, 0.3) is 0 Å². The molecule has 0 aliphatic heterocycles. The lowest BCUT2D eigenvalue weighted by Crippen LogP contribution is -2.22. The van der Waals surface area contributed by atoms with E-state index in [9.17, 15) is 8.78 Å². The fourth-order valence-corrected chi connectivity index (χ4v) is 1.10. The van der Waals surface area contributed by atoms with Gasteiger partial charge < -0.3 is 5.73 Å². The van der Waals surface area contributed by atoms with Gasteiger partial charge in [0.1, 0.15) is 11.8 Å². The van der Waals surface area contributed by atoms with Crippen molar-refractivity contribution in [1.29, 1.82) is 10.7 Å². The van der Waals surface area contributed by atoms with E-state index in [0.717, 1.165) is 12.1 Å². The number of hydrazone groups is 1. The lowest BCUT2D eigenvalue weighted by atomic mass is 10.3. The smallest absolute Gasteiger partial charge is 0.201 e. The van der Waals surface area contributed by atoms with E-state index in [1.807, 2.05) is 5.43 Å². The number of hydrogen-bond acceptors (Lipinski definition) is 4. The molecule has 1 aromatic carbocycles. The lowest BCUT2D eigenvalue weighted by Gasteiger charge is -2.04. The molecule has 0 unspecified atom stereocenters. The quantitative estimate of drug-likeness (QED) is 0.438. The third kappa shape index (κ3) is 3.12. The van der Waals surface area contributed by atoms with Gasteiger partial charge in [-0.2, -0.15) is 10.4 Å². The number of rotatable bonds is 3. The number of halogens is 3. The molecule has 0 saturated heterocycles. The second-order valence-corrected chi connectivity index (χ2v) is 3.28. The number of nitrogens with two attached hydrogens (primary N) is 1. The van der Waals surface area contributed by atoms with Crippen LogP contribution in [0.2, 0.25) is 5.02 Å². The predicted octanol–water partition coefficient (Wildman–Crippen LogP) is 1.85. The molecule has 0 heterocycles. The third-order valence-corrected chi connectivity index (χ3v) is 1.87. The molecule has 4 N–H and O–H groups in total. The lowest BCUT2D eigenvalue weighted by molar-refractivity contribution is 0.589. The third-order valence-electron chi connectivity index (χ3n) is 1.65. The second-order valence-electron chi connectivity index (χ2n) is 2.84. The number of nitriles is 1. The highest BCUT2D eigenvalue weighted by atomic mass is 35.5. The number of nitrogens with zero attached hydrogens (tertiary/aromatic N) is 2. The van der Waals surface area contributed by atoms with E-state index in [1.165, 1.54) is 6.07 Å². The van der Waals surface area contributed by atoms with E-state index in [2.05, 4.69) is 5.10 Å². The van der Waals surface area contributed by atoms with Crippen LogP contribution in [0.3, 0.4) is 0 Å². The minimum Gasteiger partial charge on any atom is -0.382 e. The van der Waals surface area contributed by atoms with E-state index >= 15 is 0 Å². The Labute approximate surface area is 100.0 Å². The van der Waals surface area contributed by atoms with Gasteiger partial charge in [-0.25, -0.2) is 8.78 Å². The van der Waals surface area contributed by atoms with Crippen LogP contribution in [-0.2, 0) is 0 Å². The maximum Gasteiger partial charge on any atom is 0.201 e. The number of anilines is 1. The van der Waals surface area contributed by atoms with Gasteiger partial charge >= 0.3 is 0 Å². The van der Waals surface area contributed by atoms with Crippen molar-refractivity contribution in [1.82, 2.24) is 0 Å². The molecular weight excluding hydrogens is 252 g/mol. The van der Waals surface area contributed by atoms with Crippen LogP contribution >= 0.6 is 11.6 Å². The normalized spacial score (nSPS) is 10.8. The molecule has 0 spiro atoms. The summed E-state index contributed by atoms with van der Waals surface area (Å²) < 4.78 is 26.5. The average Bonchev–Trinajstić information content (AvgIpc) is 2.21. The summed E-state index contributed by atoms with van der Waals surface area (Å²) in [6.45, 7) is 0. The SMILES string of the molecule is N#C/C(=N\Nc1c(F)cc(Cl)cc1F)C(=N)N. The summed E-state index contributed by atoms with van der Waals surface area (Å²) in [7, 11) is 0. The van der Waals surface area contributed by atoms with Crippen LogP contribution in [0.5, 0.6) is 0 Å². The molecule has 0 radical (unpaired) electrons. The minimum atomic E-state index is -0.973. The number of benzene rings is 1. The van der Waals surface area contributed by atoms with Gasteiger partial charge in [0.05, 0.1) is 0 Å². The molecule has 0 saturated carbocycles. The van der Waals surface area contributed by atoms with Crippen molar-refractivity contribution in [2.24, 2.45) is 10.8 Å². The molecule has 0 aliphatic rings. The molecule has 0 fully saturated rings. The summed E-state index contributed by atoms with van der Waals surface area (Å²) in [6.07, 6.45) is 0. The fraction of sp³-hybridized carbons (Fsp3) is 0. The van der Waals surface area contributed by atoms with E-state index < -0.39 is 28.9 Å². The van der Waals surface area contributed by atoms with Crippen LogP contribution in [0, 0.1) is 28.4 Å². The summed E-state index contributed by atoms with van der Waals surface area (Å²) in [5.41, 5.74) is 5.90. The van der Waals surface area contributed by atoms with Gasteiger partial charge in [0.15, 0.2) is 17.5 Å². The first-order valence-electron chi connectivity index (χ1n) is 4.18. The van der Waals surface area contributed by atoms with Crippen LogP contribution in [0.25, 0.3) is 0 Å². The van der Waals surface area contributed by atoms with Gasteiger partial charge in [-0.1, -0.05) is 11.6 Å². The Bertz CT molecular complexity index is 512. The van der Waals surface area contributed by atoms with Crippen molar-refractivity contribution < 1.29 is 8.78 Å². The number of hydrogen-bond donors (Lipinski definition) is 3. The first kappa shape index (κ1) is 12.9. The van der Waals surface area contributed by atoms with Gasteiger partial charge in [-0.3, -0.25) is 10.8 Å². The summed E-state index contributed by atoms with van der Waals surface area (Å²) in [4.78, 5) is 0. The highest BCUT2D eigenvalue weighted by Crippen LogP contribution is 2.23. The largest absolute Gasteiger partial charge is 0.382 e. The van der Waals surface area contributed by atoms with Gasteiger partial charge in [0, 0.05) is 5.02 Å². The minimum absolute atomic E-state index is 0.110. The van der Waals surface area contributed by atoms with Crippen molar-refractivity contribution in [2.75, 3.05) is 5.43 Å². The molecule has 8 heteroatoms. The van der Waals surface area contributed by atoms with E-state index in [0.29, 0.717) is 0 Å². The summed E-state index contributed by atoms with van der Waals surface area (Å²) >= 11 is 5.41. The number of nitrogens with one attached hydrogen (secondary N) is 2. The van der Waals surface area contributed by atoms with Crippen LogP contribution in [0.15, 0.2) is 17.2 Å². The van der Waals surface area contributed by atoms with Crippen LogP contribution in [0.4, 0.5) is 14.5 Å². The zero-order valence-corrected chi connectivity index (χ0v) is 9.02. The van der Waals surface area contributed by atoms with E-state index in [-0.39, 0.29) is 5.02 Å². The van der Waals surface area contributed by atoms with Crippen LogP contribution in [0.1, 0.15) is 0 Å². The molecule has 1 aromatic rings. The predicted molar refractivity (Wildman–Crippen MR) is 60.0 cm³/mol. The van der Waals surface area contributed by atoms with Gasteiger partial charge in [-0.05, 0) is 12.1 Å². The Morgan fingerprint density at radius 3 is 2.41 bits per heavy atom. The Morgan fingerprint density at radius 2 is 2.00 bits per heavy atom. The zero-order valence-electron chi connectivity index (χ0n) is 8.26. The Kier molecular flexibility index (Phi) is 3.96. The van der Waals surface area contributed by atoms with Crippen molar-refractivity contribution in [3.05, 3.63) is 28.8 Å². The Hall–Kier alpha value is -2.20. The maximum atomic E-state index is 13.2. The maximum absolute atomic E-state index is 13.2. The molecule has 88 valence electrons. The van der Waals surface area contributed by atoms with Crippen LogP contribution < -0.4 is 11.2 Å². The molecule has 1 rings (SSSR count). The van der Waals surface area contributed by atoms with Gasteiger partial charge in [-0.15, -0.1) is 0 Å². The first-order chi connectivity index (χ1) is 7.95. The summed E-state index contributed by atoms with van der Waals surface area (Å²) in [5.74, 6) is -2.56. The zero-order chi connectivity index (χ0) is 13.0. The molecule has 5 nitrogen and oxygen atoms in total. The van der Waals surface area contributed by atoms with E-state index in [4.69, 9.17) is 28.0 Å². The molecule has 0 amide bonds. The van der Waals surface area contributed by atoms with Crippen molar-refractivity contribution in [3.8, 4) is 6.07 Å². The van der Waals surface area contributed by atoms with Crippen molar-refractivity contribution in [2.45, 2.75) is 0 Å². The first-order valence-corrected chi connectivity index (χ1v) is 4.56. The highest BCUT2D eigenvalue weighted by Gasteiger charge is 2.10. The molecule has 0 bridgehead atoms. The van der Waals surface area contributed by atoms with E-state index in [1.54, 1.807) is 0 Å². The van der Waals surface area contributed by atoms with Crippen molar-refractivity contribution >= 4 is 28.8 Å². The standard InChI is InChI=1S/C9H6ClF2N5/c10-4-1-5(11)8(6(12)2-4)17-16-7(3-13)9(14)15/h1-2,17H,(H3,14,15)/b16-7+. The second kappa shape index (κ2) is 5.23. The van der Waals surface area contributed by atoms with Gasteiger partial charge in [0.2, 0.25) is 5.71 Å². The molecular formula is C9H6ClF2N5. The molecule has 0 aromatic heterocycles. The van der Waals surface area contributed by atoms with Crippen LogP contribution in [-0.4, -0.2) is 11.5 Å². The Morgan fingerprint density at radius 1 is 1.47 bits per heavy atom. The summed E-state index contributed by atoms with van der Waals surface area (Å²) in [6, 6.07) is 3.24. The Balaban J connectivity index is 3.05. The number of amidine groups is 1. The average molecular weight is 258 g/mol. The molecule has 0 aliphatic carbocycles. The summed E-state index contributed by atoms with van der Waals surface area (Å²) in [5, 5.41) is 18.6. The topological polar surface area (TPSA) is 98.0 Å². The molecule has 17 heavy (non-hydrogen) atoms. The van der Waals surface area contributed by atoms with Crippen molar-refractivity contribution in [3.63, 3.8) is 0 Å².